The van der Waals surface area contributed by atoms with Crippen molar-refractivity contribution in [2.75, 3.05) is 26.2 Å². The third kappa shape index (κ3) is 5.46. The van der Waals surface area contributed by atoms with Crippen LogP contribution in [0.15, 0.2) is 0 Å². The number of nitrogens with zero attached hydrogens (tertiary/aromatic N) is 2. The second-order valence-corrected chi connectivity index (χ2v) is 8.81. The summed E-state index contributed by atoms with van der Waals surface area (Å²) in [4.78, 5) is 41.4. The highest BCUT2D eigenvalue weighted by atomic mass is 16.2. The van der Waals surface area contributed by atoms with E-state index in [0.717, 1.165) is 45.1 Å². The Kier molecular flexibility index (Phi) is 7.32. The molecule has 0 spiro atoms. The molecule has 2 heterocycles. The van der Waals surface area contributed by atoms with Crippen molar-refractivity contribution in [3.05, 3.63) is 0 Å². The van der Waals surface area contributed by atoms with Crippen molar-refractivity contribution in [3.63, 3.8) is 0 Å². The zero-order chi connectivity index (χ0) is 20.1. The van der Waals surface area contributed by atoms with E-state index in [9.17, 15) is 14.4 Å². The lowest BCUT2D eigenvalue weighted by atomic mass is 9.92. The first-order valence-electron chi connectivity index (χ1n) is 11.1. The van der Waals surface area contributed by atoms with Crippen molar-refractivity contribution < 1.29 is 14.4 Å². The summed E-state index contributed by atoms with van der Waals surface area (Å²) in [5.41, 5.74) is 5.32. The fraction of sp³-hybridized carbons (Fsp3) is 0.857. The first kappa shape index (κ1) is 21.1. The maximum Gasteiger partial charge on any atom is 0.245 e. The number of rotatable bonds is 9. The number of likely N-dealkylation sites (tertiary alicyclic amines) is 1. The molecule has 3 N–H and O–H groups in total. The molecule has 2 saturated heterocycles. The van der Waals surface area contributed by atoms with Crippen molar-refractivity contribution in [1.82, 2.24) is 15.1 Å². The van der Waals surface area contributed by atoms with Crippen LogP contribution in [0.5, 0.6) is 0 Å². The Morgan fingerprint density at radius 3 is 2.46 bits per heavy atom. The summed E-state index contributed by atoms with van der Waals surface area (Å²) < 4.78 is 0. The second-order valence-electron chi connectivity index (χ2n) is 8.81. The zero-order valence-electron chi connectivity index (χ0n) is 17.2. The average molecular weight is 393 g/mol. The van der Waals surface area contributed by atoms with Gasteiger partial charge in [-0.25, -0.2) is 0 Å². The van der Waals surface area contributed by atoms with Crippen molar-refractivity contribution in [1.29, 1.82) is 0 Å². The van der Waals surface area contributed by atoms with Crippen molar-refractivity contribution >= 4 is 17.7 Å². The summed E-state index contributed by atoms with van der Waals surface area (Å²) >= 11 is 0. The van der Waals surface area contributed by atoms with E-state index in [4.69, 9.17) is 5.73 Å². The van der Waals surface area contributed by atoms with Gasteiger partial charge in [0.15, 0.2) is 0 Å². The van der Waals surface area contributed by atoms with Gasteiger partial charge in [0, 0.05) is 32.6 Å². The van der Waals surface area contributed by atoms with Gasteiger partial charge >= 0.3 is 0 Å². The van der Waals surface area contributed by atoms with Gasteiger partial charge in [0.1, 0.15) is 6.04 Å². The van der Waals surface area contributed by atoms with Crippen LogP contribution in [0.25, 0.3) is 0 Å². The van der Waals surface area contributed by atoms with Gasteiger partial charge < -0.3 is 20.9 Å². The molecule has 0 aromatic carbocycles. The van der Waals surface area contributed by atoms with Crippen LogP contribution < -0.4 is 11.1 Å². The summed E-state index contributed by atoms with van der Waals surface area (Å²) in [5, 5.41) is 3.34. The molecule has 2 atom stereocenters. The van der Waals surface area contributed by atoms with E-state index < -0.39 is 0 Å². The molecule has 0 unspecified atom stereocenters. The Bertz CT molecular complexity index is 570. The molecule has 0 aromatic rings. The first-order chi connectivity index (χ1) is 13.5. The molecule has 158 valence electrons. The zero-order valence-corrected chi connectivity index (χ0v) is 17.2. The fourth-order valence-electron chi connectivity index (χ4n) is 4.58. The maximum absolute atomic E-state index is 13.4. The third-order valence-corrected chi connectivity index (χ3v) is 6.50. The van der Waals surface area contributed by atoms with Crippen molar-refractivity contribution in [2.24, 2.45) is 17.6 Å². The van der Waals surface area contributed by atoms with Gasteiger partial charge in [-0.15, -0.1) is 0 Å². The molecule has 2 aliphatic heterocycles. The Morgan fingerprint density at radius 2 is 1.86 bits per heavy atom. The number of carbonyl (C=O) groups excluding carboxylic acids is 3. The van der Waals surface area contributed by atoms with Crippen LogP contribution in [0.4, 0.5) is 0 Å². The van der Waals surface area contributed by atoms with E-state index >= 15 is 0 Å². The van der Waals surface area contributed by atoms with E-state index in [1.165, 1.54) is 12.8 Å². The van der Waals surface area contributed by atoms with Gasteiger partial charge in [0.2, 0.25) is 17.7 Å². The number of unbranched alkanes of at least 4 members (excludes halogenated alkanes) is 1. The van der Waals surface area contributed by atoms with Crippen LogP contribution in [-0.2, 0) is 14.4 Å². The molecular weight excluding hydrogens is 356 g/mol. The third-order valence-electron chi connectivity index (χ3n) is 6.50. The maximum atomic E-state index is 13.4. The van der Waals surface area contributed by atoms with E-state index in [1.807, 2.05) is 9.80 Å². The topological polar surface area (TPSA) is 95.7 Å². The highest BCUT2D eigenvalue weighted by molar-refractivity contribution is 5.90. The highest BCUT2D eigenvalue weighted by Crippen LogP contribution is 2.36. The van der Waals surface area contributed by atoms with E-state index in [1.54, 1.807) is 0 Å². The number of primary amides is 1. The molecule has 3 rings (SSSR count). The minimum Gasteiger partial charge on any atom is -0.370 e. The first-order valence-corrected chi connectivity index (χ1v) is 11.1. The second kappa shape index (κ2) is 9.72. The average Bonchev–Trinajstić information content (AvgIpc) is 3.49. The van der Waals surface area contributed by atoms with Gasteiger partial charge in [-0.1, -0.05) is 32.6 Å². The standard InChI is InChI=1S/C21H36N4O3/c1-2-3-4-17-20(27)25(12-9-23-17)18(13-15-5-6-15)21(28)24-10-7-16(8-11-24)14-19(22)26/h15-18,23H,2-14H2,1H3,(H2,22,26)/t17-,18-/m0/s1. The van der Waals surface area contributed by atoms with Crippen LogP contribution in [0.2, 0.25) is 0 Å². The summed E-state index contributed by atoms with van der Waals surface area (Å²) in [6.45, 7) is 4.83. The van der Waals surface area contributed by atoms with Crippen LogP contribution in [0.1, 0.15) is 64.7 Å². The number of carbonyl (C=O) groups is 3. The molecule has 7 nitrogen and oxygen atoms in total. The number of nitrogens with one attached hydrogen (secondary N) is 1. The van der Waals surface area contributed by atoms with Gasteiger partial charge in [0.25, 0.3) is 0 Å². The number of hydrogen-bond donors (Lipinski definition) is 2. The minimum atomic E-state index is -0.320. The Hall–Kier alpha value is -1.63. The van der Waals surface area contributed by atoms with Crippen molar-refractivity contribution in [2.45, 2.75) is 76.8 Å². The molecule has 0 aromatic heterocycles. The van der Waals surface area contributed by atoms with Gasteiger partial charge in [-0.3, -0.25) is 14.4 Å². The summed E-state index contributed by atoms with van der Waals surface area (Å²) in [5.74, 6) is 0.804. The van der Waals surface area contributed by atoms with Gasteiger partial charge in [-0.05, 0) is 37.5 Å². The SMILES string of the molecule is CCCC[C@@H]1NCCN([C@@H](CC2CC2)C(=O)N2CCC(CC(N)=O)CC2)C1=O. The minimum absolute atomic E-state index is 0.0994. The number of piperazine rings is 1. The molecule has 28 heavy (non-hydrogen) atoms. The lowest BCUT2D eigenvalue weighted by Gasteiger charge is -2.41. The fourth-order valence-corrected chi connectivity index (χ4v) is 4.58. The molecule has 3 fully saturated rings. The Balaban J connectivity index is 1.63. The predicted octanol–water partition coefficient (Wildman–Crippen LogP) is 1.26. The van der Waals surface area contributed by atoms with Crippen LogP contribution >= 0.6 is 0 Å². The molecule has 0 radical (unpaired) electrons. The quantitative estimate of drug-likeness (QED) is 0.617. The van der Waals surface area contributed by atoms with Crippen LogP contribution in [0, 0.1) is 11.8 Å². The largest absolute Gasteiger partial charge is 0.370 e. The number of hydrogen-bond acceptors (Lipinski definition) is 4. The van der Waals surface area contributed by atoms with E-state index in [0.29, 0.717) is 32.0 Å². The van der Waals surface area contributed by atoms with Gasteiger partial charge in [-0.2, -0.15) is 0 Å². The molecule has 3 amide bonds. The Labute approximate surface area is 168 Å². The number of piperidine rings is 1. The molecule has 3 aliphatic rings. The molecule has 1 aliphatic carbocycles. The Morgan fingerprint density at radius 1 is 1.14 bits per heavy atom. The molecule has 1 saturated carbocycles. The van der Waals surface area contributed by atoms with Gasteiger partial charge in [0.05, 0.1) is 6.04 Å². The normalized spacial score (nSPS) is 25.0. The smallest absolute Gasteiger partial charge is 0.245 e. The van der Waals surface area contributed by atoms with Crippen LogP contribution in [0.3, 0.4) is 0 Å². The lowest BCUT2D eigenvalue weighted by molar-refractivity contribution is -0.150. The van der Waals surface area contributed by atoms with Crippen LogP contribution in [-0.4, -0.2) is 65.8 Å². The number of nitrogens with two attached hydrogens (primary N) is 1. The molecule has 7 heteroatoms. The van der Waals surface area contributed by atoms with E-state index in [-0.39, 0.29) is 35.7 Å². The summed E-state index contributed by atoms with van der Waals surface area (Å²) in [6.07, 6.45) is 8.11. The molecule has 0 bridgehead atoms. The summed E-state index contributed by atoms with van der Waals surface area (Å²) in [6, 6.07) is -0.469. The predicted molar refractivity (Wildman–Crippen MR) is 107 cm³/mol. The van der Waals surface area contributed by atoms with E-state index in [2.05, 4.69) is 12.2 Å². The monoisotopic (exact) mass is 392 g/mol. The molecular formula is C21H36N4O3. The van der Waals surface area contributed by atoms with Crippen molar-refractivity contribution in [3.8, 4) is 0 Å². The summed E-state index contributed by atoms with van der Waals surface area (Å²) in [7, 11) is 0. The highest BCUT2D eigenvalue weighted by Gasteiger charge is 2.41. The lowest BCUT2D eigenvalue weighted by Crippen LogP contribution is -2.61. The number of amides is 3.